The van der Waals surface area contributed by atoms with E-state index in [2.05, 4.69) is 20.3 Å². The maximum Gasteiger partial charge on any atom is 0.305 e. The molecule has 88 valence electrons. The van der Waals surface area contributed by atoms with E-state index in [1.165, 1.54) is 0 Å². The Morgan fingerprint density at radius 2 is 2.18 bits per heavy atom. The number of halogens is 1. The zero-order valence-electron chi connectivity index (χ0n) is 8.72. The normalized spacial score (nSPS) is 10.4. The third-order valence-electron chi connectivity index (χ3n) is 2.06. The summed E-state index contributed by atoms with van der Waals surface area (Å²) in [7, 11) is 0. The summed E-state index contributed by atoms with van der Waals surface area (Å²) >= 11 is 5.83. The predicted molar refractivity (Wildman–Crippen MR) is 63.1 cm³/mol. The van der Waals surface area contributed by atoms with E-state index in [1.54, 1.807) is 18.5 Å². The standard InChI is InChI=1S/C10H9ClN4O2/c11-7-5-6-9(13-4-3-12-6)10(15-7)14-2-1-8(16)17/h3-5H,1-2H2,(H,14,15)(H,16,17). The summed E-state index contributed by atoms with van der Waals surface area (Å²) in [6, 6.07) is 1.60. The molecular formula is C10H9ClN4O2. The molecule has 0 bridgehead atoms. The number of hydrogen-bond donors (Lipinski definition) is 2. The Hall–Kier alpha value is -1.95. The highest BCUT2D eigenvalue weighted by molar-refractivity contribution is 6.30. The van der Waals surface area contributed by atoms with Crippen molar-refractivity contribution in [3.05, 3.63) is 23.6 Å². The van der Waals surface area contributed by atoms with Crippen molar-refractivity contribution in [1.29, 1.82) is 0 Å². The van der Waals surface area contributed by atoms with E-state index >= 15 is 0 Å². The Balaban J connectivity index is 2.29. The summed E-state index contributed by atoms with van der Waals surface area (Å²) in [5.41, 5.74) is 1.19. The number of aliphatic carboxylic acids is 1. The molecule has 0 aliphatic carbocycles. The molecule has 6 nitrogen and oxygen atoms in total. The van der Waals surface area contributed by atoms with Crippen LogP contribution in [0.5, 0.6) is 0 Å². The molecular weight excluding hydrogens is 244 g/mol. The highest BCUT2D eigenvalue weighted by Crippen LogP contribution is 2.20. The lowest BCUT2D eigenvalue weighted by Gasteiger charge is -2.06. The summed E-state index contributed by atoms with van der Waals surface area (Å²) in [6.45, 7) is 0.258. The lowest BCUT2D eigenvalue weighted by atomic mass is 10.3. The molecule has 17 heavy (non-hydrogen) atoms. The zero-order chi connectivity index (χ0) is 12.3. The average Bonchev–Trinajstić information content (AvgIpc) is 2.28. The molecule has 0 spiro atoms. The van der Waals surface area contributed by atoms with Gasteiger partial charge in [-0.3, -0.25) is 9.78 Å². The van der Waals surface area contributed by atoms with E-state index < -0.39 is 5.97 Å². The molecule has 0 atom stereocenters. The van der Waals surface area contributed by atoms with E-state index in [4.69, 9.17) is 16.7 Å². The molecule has 7 heteroatoms. The lowest BCUT2D eigenvalue weighted by Crippen LogP contribution is -2.09. The summed E-state index contributed by atoms with van der Waals surface area (Å²) in [5, 5.41) is 11.7. The number of pyridine rings is 1. The first-order valence-electron chi connectivity index (χ1n) is 4.90. The molecule has 0 aromatic carbocycles. The number of carboxylic acid groups (broad SMARTS) is 1. The van der Waals surface area contributed by atoms with Crippen LogP contribution in [0.1, 0.15) is 6.42 Å². The fraction of sp³-hybridized carbons (Fsp3) is 0.200. The van der Waals surface area contributed by atoms with Crippen molar-refractivity contribution in [2.24, 2.45) is 0 Å². The molecule has 2 aromatic rings. The predicted octanol–water partition coefficient (Wildman–Crippen LogP) is 1.56. The number of hydrogen-bond acceptors (Lipinski definition) is 5. The van der Waals surface area contributed by atoms with Crippen LogP contribution in [0.3, 0.4) is 0 Å². The smallest absolute Gasteiger partial charge is 0.305 e. The van der Waals surface area contributed by atoms with Crippen LogP contribution in [-0.4, -0.2) is 32.6 Å². The summed E-state index contributed by atoms with van der Waals surface area (Å²) in [5.74, 6) is -0.434. The first-order chi connectivity index (χ1) is 8.16. The van der Waals surface area contributed by atoms with Crippen LogP contribution in [0, 0.1) is 0 Å². The maximum atomic E-state index is 10.4. The van der Waals surface area contributed by atoms with Gasteiger partial charge in [0.1, 0.15) is 10.7 Å². The van der Waals surface area contributed by atoms with Crippen molar-refractivity contribution in [3.8, 4) is 0 Å². The van der Waals surface area contributed by atoms with E-state index in [0.29, 0.717) is 16.9 Å². The number of aromatic nitrogens is 3. The number of nitrogens with one attached hydrogen (secondary N) is 1. The summed E-state index contributed by atoms with van der Waals surface area (Å²) < 4.78 is 0. The first-order valence-corrected chi connectivity index (χ1v) is 5.27. The van der Waals surface area contributed by atoms with E-state index in [0.717, 1.165) is 0 Å². The lowest BCUT2D eigenvalue weighted by molar-refractivity contribution is -0.136. The quantitative estimate of drug-likeness (QED) is 0.803. The minimum Gasteiger partial charge on any atom is -0.481 e. The van der Waals surface area contributed by atoms with E-state index in [-0.39, 0.29) is 18.1 Å². The van der Waals surface area contributed by atoms with Gasteiger partial charge in [0.25, 0.3) is 0 Å². The number of nitrogens with zero attached hydrogens (tertiary/aromatic N) is 3. The van der Waals surface area contributed by atoms with Crippen LogP contribution in [0.15, 0.2) is 18.5 Å². The van der Waals surface area contributed by atoms with E-state index in [1.807, 2.05) is 0 Å². The second-order valence-corrected chi connectivity index (χ2v) is 3.68. The number of carboxylic acids is 1. The van der Waals surface area contributed by atoms with Gasteiger partial charge in [0.2, 0.25) is 0 Å². The van der Waals surface area contributed by atoms with Gasteiger partial charge in [0.15, 0.2) is 5.82 Å². The second kappa shape index (κ2) is 4.92. The van der Waals surface area contributed by atoms with Gasteiger partial charge in [-0.05, 0) is 0 Å². The molecule has 0 saturated heterocycles. The van der Waals surface area contributed by atoms with E-state index in [9.17, 15) is 4.79 Å². The Labute approximate surface area is 102 Å². The molecule has 0 unspecified atom stereocenters. The van der Waals surface area contributed by atoms with Crippen LogP contribution in [0.25, 0.3) is 11.0 Å². The SMILES string of the molecule is O=C(O)CCNc1nc(Cl)cc2nccnc12. The minimum absolute atomic E-state index is 0.00402. The third kappa shape index (κ3) is 2.79. The van der Waals surface area contributed by atoms with Crippen molar-refractivity contribution >= 4 is 34.4 Å². The zero-order valence-corrected chi connectivity index (χ0v) is 9.48. The molecule has 0 amide bonds. The molecule has 2 aromatic heterocycles. The Kier molecular flexibility index (Phi) is 3.34. The molecule has 0 radical (unpaired) electrons. The number of anilines is 1. The van der Waals surface area contributed by atoms with Gasteiger partial charge in [-0.15, -0.1) is 0 Å². The Morgan fingerprint density at radius 1 is 1.41 bits per heavy atom. The first kappa shape index (κ1) is 11.5. The number of carbonyl (C=O) groups is 1. The average molecular weight is 253 g/mol. The summed E-state index contributed by atoms with van der Waals surface area (Å²) in [4.78, 5) is 22.7. The molecule has 2 heterocycles. The number of fused-ring (bicyclic) bond motifs is 1. The topological polar surface area (TPSA) is 88.0 Å². The molecule has 0 saturated carbocycles. The second-order valence-electron chi connectivity index (χ2n) is 3.29. The molecule has 0 aliphatic heterocycles. The summed E-state index contributed by atoms with van der Waals surface area (Å²) in [6.07, 6.45) is 3.09. The molecule has 0 aliphatic rings. The monoisotopic (exact) mass is 252 g/mol. The van der Waals surface area contributed by atoms with Gasteiger partial charge < -0.3 is 10.4 Å². The van der Waals surface area contributed by atoms with Crippen LogP contribution in [0.4, 0.5) is 5.82 Å². The Morgan fingerprint density at radius 3 is 2.94 bits per heavy atom. The van der Waals surface area contributed by atoms with Gasteiger partial charge in [0, 0.05) is 25.0 Å². The van der Waals surface area contributed by atoms with Crippen molar-refractivity contribution < 1.29 is 9.90 Å². The van der Waals surface area contributed by atoms with Gasteiger partial charge in [-0.1, -0.05) is 11.6 Å². The minimum atomic E-state index is -0.880. The van der Waals surface area contributed by atoms with Gasteiger partial charge in [-0.25, -0.2) is 9.97 Å². The van der Waals surface area contributed by atoms with Crippen molar-refractivity contribution in [1.82, 2.24) is 15.0 Å². The third-order valence-corrected chi connectivity index (χ3v) is 2.25. The van der Waals surface area contributed by atoms with Crippen LogP contribution in [0.2, 0.25) is 5.15 Å². The largest absolute Gasteiger partial charge is 0.481 e. The van der Waals surface area contributed by atoms with Crippen LogP contribution < -0.4 is 5.32 Å². The highest BCUT2D eigenvalue weighted by atomic mass is 35.5. The fourth-order valence-electron chi connectivity index (χ4n) is 1.35. The van der Waals surface area contributed by atoms with Crippen LogP contribution in [-0.2, 0) is 4.79 Å². The molecule has 2 N–H and O–H groups in total. The van der Waals surface area contributed by atoms with Gasteiger partial charge >= 0.3 is 5.97 Å². The van der Waals surface area contributed by atoms with Crippen molar-refractivity contribution in [2.75, 3.05) is 11.9 Å². The van der Waals surface area contributed by atoms with Crippen LogP contribution >= 0.6 is 11.6 Å². The highest BCUT2D eigenvalue weighted by Gasteiger charge is 2.07. The molecule has 2 rings (SSSR count). The van der Waals surface area contributed by atoms with Gasteiger partial charge in [0.05, 0.1) is 11.9 Å². The number of rotatable bonds is 4. The van der Waals surface area contributed by atoms with Gasteiger partial charge in [-0.2, -0.15) is 0 Å². The molecule has 0 fully saturated rings. The fourth-order valence-corrected chi connectivity index (χ4v) is 1.54. The maximum absolute atomic E-state index is 10.4. The Bertz CT molecular complexity index is 561. The van der Waals surface area contributed by atoms with Crippen molar-refractivity contribution in [2.45, 2.75) is 6.42 Å². The van der Waals surface area contributed by atoms with Crippen molar-refractivity contribution in [3.63, 3.8) is 0 Å².